The van der Waals surface area contributed by atoms with Crippen molar-refractivity contribution >= 4 is 17.7 Å². The number of Topliss-reactive ketones (excluding diaryl/α,β-unsaturated/α-hetero) is 1. The van der Waals surface area contributed by atoms with Gasteiger partial charge in [0.15, 0.2) is 0 Å². The Bertz CT molecular complexity index is 258. The van der Waals surface area contributed by atoms with Gasteiger partial charge in [0, 0.05) is 0 Å². The summed E-state index contributed by atoms with van der Waals surface area (Å²) >= 11 is 0. The molecular formula is C9H12O5. The second kappa shape index (κ2) is 4.74. The Labute approximate surface area is 81.4 Å². The van der Waals surface area contributed by atoms with E-state index >= 15 is 0 Å². The molecule has 0 aromatic heterocycles. The number of carbonyl (C=O) groups excluding carboxylic acids is 3. The fourth-order valence-corrected chi connectivity index (χ4v) is 1.26. The van der Waals surface area contributed by atoms with E-state index in [9.17, 15) is 14.4 Å². The molecule has 0 unspecified atom stereocenters. The maximum absolute atomic E-state index is 11.3. The molecule has 0 spiro atoms. The second-order valence-corrected chi connectivity index (χ2v) is 2.95. The van der Waals surface area contributed by atoms with Gasteiger partial charge < -0.3 is 9.47 Å². The van der Waals surface area contributed by atoms with Crippen LogP contribution in [0.15, 0.2) is 0 Å². The van der Waals surface area contributed by atoms with Gasteiger partial charge in [-0.1, -0.05) is 0 Å². The Hall–Kier alpha value is -1.39. The van der Waals surface area contributed by atoms with Crippen LogP contribution in [0.2, 0.25) is 0 Å². The summed E-state index contributed by atoms with van der Waals surface area (Å²) in [4.78, 5) is 33.4. The van der Waals surface area contributed by atoms with Crippen LogP contribution in [0.5, 0.6) is 0 Å². The second-order valence-electron chi connectivity index (χ2n) is 2.95. The van der Waals surface area contributed by atoms with Crippen molar-refractivity contribution < 1.29 is 23.9 Å². The molecule has 1 atom stereocenters. The van der Waals surface area contributed by atoms with Crippen molar-refractivity contribution in [1.82, 2.24) is 0 Å². The lowest BCUT2D eigenvalue weighted by Gasteiger charge is -2.18. The topological polar surface area (TPSA) is 69.7 Å². The summed E-state index contributed by atoms with van der Waals surface area (Å²) in [6.45, 7) is 2.06. The Balaban J connectivity index is 2.58. The molecule has 1 fully saturated rings. The smallest absolute Gasteiger partial charge is 0.375 e. The molecule has 78 valence electrons. The van der Waals surface area contributed by atoms with E-state index in [1.165, 1.54) is 0 Å². The number of rotatable bonds is 3. The number of hydrogen-bond acceptors (Lipinski definition) is 5. The van der Waals surface area contributed by atoms with Crippen LogP contribution in [0.4, 0.5) is 0 Å². The van der Waals surface area contributed by atoms with Crippen LogP contribution in [0.1, 0.15) is 19.8 Å². The van der Waals surface area contributed by atoms with Crippen LogP contribution in [0, 0.1) is 5.92 Å². The highest BCUT2D eigenvalue weighted by Crippen LogP contribution is 2.16. The molecule has 1 aliphatic rings. The summed E-state index contributed by atoms with van der Waals surface area (Å²) < 4.78 is 9.18. The van der Waals surface area contributed by atoms with Crippen molar-refractivity contribution in [2.75, 3.05) is 13.2 Å². The van der Waals surface area contributed by atoms with Crippen LogP contribution in [0.25, 0.3) is 0 Å². The zero-order chi connectivity index (χ0) is 10.6. The van der Waals surface area contributed by atoms with E-state index in [2.05, 4.69) is 9.47 Å². The maximum Gasteiger partial charge on any atom is 0.375 e. The first kappa shape index (κ1) is 10.7. The first-order chi connectivity index (χ1) is 6.66. The standard InChI is InChI=1S/C9H12O5/c1-2-13-9(12)7(10)6-4-3-5-14-8(6)11/h6H,2-5H2,1H3/t6-/m0/s1. The fourth-order valence-electron chi connectivity index (χ4n) is 1.26. The molecule has 0 aromatic rings. The highest BCUT2D eigenvalue weighted by molar-refractivity contribution is 6.37. The van der Waals surface area contributed by atoms with Gasteiger partial charge >= 0.3 is 11.9 Å². The van der Waals surface area contributed by atoms with E-state index in [-0.39, 0.29) is 6.61 Å². The number of esters is 2. The van der Waals surface area contributed by atoms with Crippen molar-refractivity contribution in [2.24, 2.45) is 5.92 Å². The molecular weight excluding hydrogens is 188 g/mol. The molecule has 1 rings (SSSR count). The van der Waals surface area contributed by atoms with E-state index in [4.69, 9.17) is 0 Å². The molecule has 0 aromatic carbocycles. The molecule has 1 aliphatic heterocycles. The summed E-state index contributed by atoms with van der Waals surface area (Å²) in [5, 5.41) is 0. The molecule has 0 aliphatic carbocycles. The molecule has 0 radical (unpaired) electrons. The largest absolute Gasteiger partial charge is 0.465 e. The van der Waals surface area contributed by atoms with Gasteiger partial charge in [0.25, 0.3) is 5.78 Å². The Morgan fingerprint density at radius 1 is 1.57 bits per heavy atom. The zero-order valence-corrected chi connectivity index (χ0v) is 7.95. The van der Waals surface area contributed by atoms with Gasteiger partial charge in [0.1, 0.15) is 5.92 Å². The first-order valence-electron chi connectivity index (χ1n) is 4.54. The number of hydrogen-bond donors (Lipinski definition) is 0. The van der Waals surface area contributed by atoms with Crippen LogP contribution in [-0.2, 0) is 23.9 Å². The Morgan fingerprint density at radius 3 is 2.86 bits per heavy atom. The van der Waals surface area contributed by atoms with Gasteiger partial charge in [-0.05, 0) is 19.8 Å². The normalized spacial score (nSPS) is 21.2. The highest BCUT2D eigenvalue weighted by Gasteiger charge is 2.35. The van der Waals surface area contributed by atoms with E-state index in [0.29, 0.717) is 19.4 Å². The van der Waals surface area contributed by atoms with E-state index in [1.807, 2.05) is 0 Å². The number of ketones is 1. The van der Waals surface area contributed by atoms with Gasteiger partial charge in [0.05, 0.1) is 13.2 Å². The minimum atomic E-state index is -0.956. The third-order valence-corrected chi connectivity index (χ3v) is 1.96. The average Bonchev–Trinajstić information content (AvgIpc) is 2.18. The molecule has 5 nitrogen and oxygen atoms in total. The lowest BCUT2D eigenvalue weighted by atomic mass is 9.97. The van der Waals surface area contributed by atoms with Gasteiger partial charge in [-0.2, -0.15) is 0 Å². The summed E-state index contributed by atoms with van der Waals surface area (Å²) in [5.41, 5.74) is 0. The summed E-state index contributed by atoms with van der Waals surface area (Å²) in [7, 11) is 0. The van der Waals surface area contributed by atoms with Crippen molar-refractivity contribution in [3.8, 4) is 0 Å². The molecule has 14 heavy (non-hydrogen) atoms. The molecule has 1 saturated heterocycles. The summed E-state index contributed by atoms with van der Waals surface area (Å²) in [5.74, 6) is -3.31. The van der Waals surface area contributed by atoms with Gasteiger partial charge in [-0.15, -0.1) is 0 Å². The maximum atomic E-state index is 11.3. The summed E-state index contributed by atoms with van der Waals surface area (Å²) in [6.07, 6.45) is 0.984. The zero-order valence-electron chi connectivity index (χ0n) is 7.95. The minimum absolute atomic E-state index is 0.131. The molecule has 0 bridgehead atoms. The predicted octanol–water partition coefficient (Wildman–Crippen LogP) is 0.0718. The quantitative estimate of drug-likeness (QED) is 0.366. The van der Waals surface area contributed by atoms with Crippen LogP contribution >= 0.6 is 0 Å². The molecule has 0 saturated carbocycles. The van der Waals surface area contributed by atoms with Crippen molar-refractivity contribution in [1.29, 1.82) is 0 Å². The third-order valence-electron chi connectivity index (χ3n) is 1.96. The third kappa shape index (κ3) is 2.31. The molecule has 0 N–H and O–H groups in total. The SMILES string of the molecule is CCOC(=O)C(=O)[C@@H]1CCCOC1=O. The van der Waals surface area contributed by atoms with Crippen LogP contribution < -0.4 is 0 Å². The van der Waals surface area contributed by atoms with Crippen LogP contribution in [0.3, 0.4) is 0 Å². The molecule has 0 amide bonds. The lowest BCUT2D eigenvalue weighted by molar-refractivity contribution is -0.164. The van der Waals surface area contributed by atoms with Crippen molar-refractivity contribution in [3.05, 3.63) is 0 Å². The van der Waals surface area contributed by atoms with E-state index < -0.39 is 23.6 Å². The molecule has 5 heteroatoms. The number of carbonyl (C=O) groups is 3. The monoisotopic (exact) mass is 200 g/mol. The first-order valence-corrected chi connectivity index (χ1v) is 4.54. The van der Waals surface area contributed by atoms with Crippen LogP contribution in [-0.4, -0.2) is 30.9 Å². The van der Waals surface area contributed by atoms with Crippen molar-refractivity contribution in [3.63, 3.8) is 0 Å². The van der Waals surface area contributed by atoms with Gasteiger partial charge in [-0.25, -0.2) is 4.79 Å². The Kier molecular flexibility index (Phi) is 3.62. The minimum Gasteiger partial charge on any atom is -0.465 e. The lowest BCUT2D eigenvalue weighted by Crippen LogP contribution is -2.35. The summed E-state index contributed by atoms with van der Waals surface area (Å²) in [6, 6.07) is 0. The van der Waals surface area contributed by atoms with E-state index in [0.717, 1.165) is 0 Å². The Morgan fingerprint density at radius 2 is 2.29 bits per heavy atom. The fraction of sp³-hybridized carbons (Fsp3) is 0.667. The molecule has 1 heterocycles. The number of cyclic esters (lactones) is 1. The van der Waals surface area contributed by atoms with Crippen molar-refractivity contribution in [2.45, 2.75) is 19.8 Å². The highest BCUT2D eigenvalue weighted by atomic mass is 16.5. The van der Waals surface area contributed by atoms with E-state index in [1.54, 1.807) is 6.92 Å². The van der Waals surface area contributed by atoms with Gasteiger partial charge in [0.2, 0.25) is 0 Å². The number of ether oxygens (including phenoxy) is 2. The van der Waals surface area contributed by atoms with Gasteiger partial charge in [-0.3, -0.25) is 9.59 Å². The average molecular weight is 200 g/mol. The predicted molar refractivity (Wildman–Crippen MR) is 45.3 cm³/mol.